The molecule has 0 bridgehead atoms. The molecule has 11 heteroatoms. The number of carbonyl (C=O) groups excluding carboxylic acids is 1. The number of ether oxygens (including phenoxy) is 1. The van der Waals surface area contributed by atoms with Gasteiger partial charge in [-0.1, -0.05) is 11.3 Å². The third-order valence-electron chi connectivity index (χ3n) is 5.30. The second kappa shape index (κ2) is 7.84. The summed E-state index contributed by atoms with van der Waals surface area (Å²) in [4.78, 5) is 38.7. The van der Waals surface area contributed by atoms with Gasteiger partial charge in [0, 0.05) is 38.4 Å². The van der Waals surface area contributed by atoms with Gasteiger partial charge in [0.05, 0.1) is 17.6 Å². The first-order valence-electron chi connectivity index (χ1n) is 10.8. The second-order valence-electron chi connectivity index (χ2n) is 9.06. The molecule has 1 amide bonds. The van der Waals surface area contributed by atoms with Crippen molar-refractivity contribution in [2.24, 2.45) is 0 Å². The van der Waals surface area contributed by atoms with E-state index < -0.39 is 5.60 Å². The Labute approximate surface area is 194 Å². The number of aryl methyl sites for hydroxylation is 1. The largest absolute Gasteiger partial charge is 0.444 e. The quantitative estimate of drug-likeness (QED) is 0.447. The minimum atomic E-state index is -0.514. The number of hydrogen-bond donors (Lipinski definition) is 0. The molecule has 0 unspecified atom stereocenters. The van der Waals surface area contributed by atoms with Crippen molar-refractivity contribution in [1.82, 2.24) is 28.9 Å². The molecular formula is C22H25N7O3S. The highest BCUT2D eigenvalue weighted by Gasteiger charge is 2.27. The van der Waals surface area contributed by atoms with E-state index in [1.807, 2.05) is 52.2 Å². The van der Waals surface area contributed by atoms with Crippen molar-refractivity contribution in [2.45, 2.75) is 33.3 Å². The van der Waals surface area contributed by atoms with Gasteiger partial charge in [-0.05, 0) is 39.8 Å². The molecule has 0 saturated carbocycles. The third-order valence-corrected chi connectivity index (χ3v) is 6.34. The van der Waals surface area contributed by atoms with Gasteiger partial charge in [-0.25, -0.2) is 19.3 Å². The number of aromatic nitrogens is 5. The first kappa shape index (κ1) is 21.4. The average Bonchev–Trinajstić information content (AvgIpc) is 3.35. The average molecular weight is 468 g/mol. The summed E-state index contributed by atoms with van der Waals surface area (Å²) in [6.07, 6.45) is 3.36. The highest BCUT2D eigenvalue weighted by Crippen LogP contribution is 2.27. The number of hydrogen-bond acceptors (Lipinski definition) is 8. The lowest BCUT2D eigenvalue weighted by Crippen LogP contribution is -2.50. The van der Waals surface area contributed by atoms with Crippen LogP contribution in [-0.2, 0) is 4.74 Å². The van der Waals surface area contributed by atoms with Gasteiger partial charge in [-0.2, -0.15) is 5.10 Å². The van der Waals surface area contributed by atoms with Crippen LogP contribution in [0.5, 0.6) is 0 Å². The van der Waals surface area contributed by atoms with Crippen LogP contribution in [0.3, 0.4) is 0 Å². The first-order chi connectivity index (χ1) is 15.7. The summed E-state index contributed by atoms with van der Waals surface area (Å²) in [5, 5.41) is 5.49. The summed E-state index contributed by atoms with van der Waals surface area (Å²) in [5.74, 6) is 0. The van der Waals surface area contributed by atoms with Crippen LogP contribution in [-0.4, -0.2) is 66.8 Å². The topological polar surface area (TPSA) is 97.3 Å². The van der Waals surface area contributed by atoms with Crippen LogP contribution in [0.4, 0.5) is 9.80 Å². The van der Waals surface area contributed by atoms with Crippen molar-refractivity contribution in [3.8, 4) is 11.4 Å². The van der Waals surface area contributed by atoms with E-state index in [9.17, 15) is 9.59 Å². The number of piperazine rings is 1. The Morgan fingerprint density at radius 1 is 1.06 bits per heavy atom. The number of thiazole rings is 1. The van der Waals surface area contributed by atoms with E-state index in [0.29, 0.717) is 42.5 Å². The van der Waals surface area contributed by atoms with Gasteiger partial charge in [0.1, 0.15) is 16.3 Å². The lowest BCUT2D eigenvalue weighted by Gasteiger charge is -2.35. The predicted octanol–water partition coefficient (Wildman–Crippen LogP) is 2.83. The number of carbonyl (C=O) groups is 1. The van der Waals surface area contributed by atoms with Gasteiger partial charge < -0.3 is 14.5 Å². The highest BCUT2D eigenvalue weighted by atomic mass is 32.1. The molecule has 0 atom stereocenters. The van der Waals surface area contributed by atoms with E-state index in [1.54, 1.807) is 13.8 Å². The van der Waals surface area contributed by atoms with E-state index in [2.05, 4.69) is 15.0 Å². The van der Waals surface area contributed by atoms with Crippen LogP contribution in [0.15, 0.2) is 35.4 Å². The first-order valence-corrected chi connectivity index (χ1v) is 11.6. The maximum atomic E-state index is 12.8. The van der Waals surface area contributed by atoms with Gasteiger partial charge in [0.25, 0.3) is 5.56 Å². The lowest BCUT2D eigenvalue weighted by atomic mass is 10.2. The number of anilines is 1. The Hall–Kier alpha value is -3.47. The van der Waals surface area contributed by atoms with Crippen molar-refractivity contribution >= 4 is 33.0 Å². The molecule has 33 heavy (non-hydrogen) atoms. The summed E-state index contributed by atoms with van der Waals surface area (Å²) >= 11 is 1.45. The number of nitrogens with zero attached hydrogens (tertiary/aromatic N) is 7. The molecule has 0 aliphatic carbocycles. The SMILES string of the molecule is Cc1cn2nc(-c3cc(=O)n4cc(N5CCN(C(=O)OC(C)(C)C)CC5)sc4n3)ccc2n1. The standard InChI is InChI=1S/C22H25N7O3S/c1-14-12-29-17(23-14)6-5-15(25-29)16-11-18(30)28-13-19(33-20(28)24-16)26-7-9-27(10-8-26)21(31)32-22(2,3)4/h5-6,11-13H,7-10H2,1-4H3. The van der Waals surface area contributed by atoms with Crippen LogP contribution in [0.25, 0.3) is 22.0 Å². The van der Waals surface area contributed by atoms with Crippen LogP contribution >= 0.6 is 11.3 Å². The molecule has 4 aromatic rings. The molecule has 4 aromatic heterocycles. The van der Waals surface area contributed by atoms with E-state index >= 15 is 0 Å². The normalized spacial score (nSPS) is 14.9. The summed E-state index contributed by atoms with van der Waals surface area (Å²) in [7, 11) is 0. The van der Waals surface area contributed by atoms with Gasteiger partial charge in [0.15, 0.2) is 10.6 Å². The van der Waals surface area contributed by atoms with Crippen LogP contribution in [0, 0.1) is 6.92 Å². The summed E-state index contributed by atoms with van der Waals surface area (Å²) in [6.45, 7) is 9.93. The Morgan fingerprint density at radius 2 is 1.82 bits per heavy atom. The molecule has 0 N–H and O–H groups in total. The Balaban J connectivity index is 1.37. The van der Waals surface area contributed by atoms with E-state index in [4.69, 9.17) is 9.72 Å². The zero-order valence-electron chi connectivity index (χ0n) is 19.0. The van der Waals surface area contributed by atoms with Gasteiger partial charge >= 0.3 is 6.09 Å². The second-order valence-corrected chi connectivity index (χ2v) is 10.0. The van der Waals surface area contributed by atoms with Crippen molar-refractivity contribution in [1.29, 1.82) is 0 Å². The Kier molecular flexibility index (Phi) is 5.08. The summed E-state index contributed by atoms with van der Waals surface area (Å²) in [5.41, 5.74) is 2.08. The smallest absolute Gasteiger partial charge is 0.410 e. The van der Waals surface area contributed by atoms with Gasteiger partial charge in [-0.15, -0.1) is 0 Å². The van der Waals surface area contributed by atoms with Crippen LogP contribution < -0.4 is 10.5 Å². The fourth-order valence-electron chi connectivity index (χ4n) is 3.74. The van der Waals surface area contributed by atoms with Crippen molar-refractivity contribution in [2.75, 3.05) is 31.1 Å². The molecule has 5 rings (SSSR count). The molecule has 0 spiro atoms. The minimum absolute atomic E-state index is 0.159. The Morgan fingerprint density at radius 3 is 2.55 bits per heavy atom. The minimum Gasteiger partial charge on any atom is -0.444 e. The highest BCUT2D eigenvalue weighted by molar-refractivity contribution is 7.20. The maximum absolute atomic E-state index is 12.8. The van der Waals surface area contributed by atoms with Crippen LogP contribution in [0.2, 0.25) is 0 Å². The zero-order chi connectivity index (χ0) is 23.3. The summed E-state index contributed by atoms with van der Waals surface area (Å²) in [6, 6.07) is 5.19. The summed E-state index contributed by atoms with van der Waals surface area (Å²) < 4.78 is 8.72. The van der Waals surface area contributed by atoms with Gasteiger partial charge in [-0.3, -0.25) is 9.20 Å². The number of imidazole rings is 1. The van der Waals surface area contributed by atoms with Crippen LogP contribution in [0.1, 0.15) is 26.5 Å². The monoisotopic (exact) mass is 467 g/mol. The molecule has 1 saturated heterocycles. The van der Waals surface area contributed by atoms with E-state index in [1.165, 1.54) is 17.4 Å². The van der Waals surface area contributed by atoms with E-state index in [0.717, 1.165) is 16.3 Å². The number of amides is 1. The number of rotatable bonds is 2. The molecule has 0 aromatic carbocycles. The van der Waals surface area contributed by atoms with Gasteiger partial charge in [0.2, 0.25) is 0 Å². The third kappa shape index (κ3) is 4.28. The molecule has 5 heterocycles. The molecule has 1 aliphatic rings. The number of fused-ring (bicyclic) bond motifs is 2. The zero-order valence-corrected chi connectivity index (χ0v) is 19.8. The molecule has 0 radical (unpaired) electrons. The fourth-order valence-corrected chi connectivity index (χ4v) is 4.78. The Bertz CT molecular complexity index is 1410. The van der Waals surface area contributed by atoms with Crippen molar-refractivity contribution in [3.63, 3.8) is 0 Å². The molecule has 1 aliphatic heterocycles. The molecule has 10 nitrogen and oxygen atoms in total. The fraction of sp³-hybridized carbons (Fsp3) is 0.409. The van der Waals surface area contributed by atoms with Crippen molar-refractivity contribution in [3.05, 3.63) is 46.6 Å². The molecule has 172 valence electrons. The maximum Gasteiger partial charge on any atom is 0.410 e. The van der Waals surface area contributed by atoms with Crippen molar-refractivity contribution < 1.29 is 9.53 Å². The predicted molar refractivity (Wildman–Crippen MR) is 126 cm³/mol. The van der Waals surface area contributed by atoms with E-state index in [-0.39, 0.29) is 11.7 Å². The molecular weight excluding hydrogens is 442 g/mol. The lowest BCUT2D eigenvalue weighted by molar-refractivity contribution is 0.0241. The molecule has 1 fully saturated rings.